The maximum Gasteiger partial charge on any atom is 0.129 e. The zero-order valence-corrected chi connectivity index (χ0v) is 13.0. The summed E-state index contributed by atoms with van der Waals surface area (Å²) in [4.78, 5) is 4.60. The van der Waals surface area contributed by atoms with Crippen molar-refractivity contribution >= 4 is 21.7 Å². The summed E-state index contributed by atoms with van der Waals surface area (Å²) in [6.45, 7) is 2.15. The molecule has 19 heavy (non-hydrogen) atoms. The van der Waals surface area contributed by atoms with Crippen LogP contribution in [0.3, 0.4) is 0 Å². The number of hydrogen-bond acceptors (Lipinski definition) is 2. The zero-order valence-electron chi connectivity index (χ0n) is 11.5. The highest BCUT2D eigenvalue weighted by Crippen LogP contribution is 2.56. The van der Waals surface area contributed by atoms with Crippen molar-refractivity contribution in [2.24, 2.45) is 17.8 Å². The molecule has 5 rings (SSSR count). The number of anilines is 1. The topological polar surface area (TPSA) is 24.9 Å². The van der Waals surface area contributed by atoms with Gasteiger partial charge in [0.05, 0.1) is 0 Å². The maximum absolute atomic E-state index is 4.60. The Balaban J connectivity index is 1.62. The van der Waals surface area contributed by atoms with E-state index in [2.05, 4.69) is 39.2 Å². The number of aryl methyl sites for hydroxylation is 1. The van der Waals surface area contributed by atoms with Crippen molar-refractivity contribution < 1.29 is 0 Å². The van der Waals surface area contributed by atoms with Crippen molar-refractivity contribution in [2.45, 2.75) is 51.0 Å². The predicted molar refractivity (Wildman–Crippen MR) is 81.2 cm³/mol. The van der Waals surface area contributed by atoms with Gasteiger partial charge in [-0.2, -0.15) is 0 Å². The van der Waals surface area contributed by atoms with Gasteiger partial charge in [-0.25, -0.2) is 4.98 Å². The van der Waals surface area contributed by atoms with Gasteiger partial charge in [0.15, 0.2) is 0 Å². The molecule has 0 unspecified atom stereocenters. The second-order valence-corrected chi connectivity index (χ2v) is 8.06. The minimum absolute atomic E-state index is 0.361. The molecular weight excluding hydrogens is 300 g/mol. The van der Waals surface area contributed by atoms with Gasteiger partial charge in [-0.1, -0.05) is 0 Å². The Kier molecular flexibility index (Phi) is 2.70. The molecule has 1 N–H and O–H groups in total. The van der Waals surface area contributed by atoms with Crippen LogP contribution in [0.15, 0.2) is 16.7 Å². The SMILES string of the molecule is Cc1cc(Br)cnc1NC12CC3CC(CC(C3)C1)C2. The lowest BCUT2D eigenvalue weighted by Crippen LogP contribution is -2.55. The van der Waals surface area contributed by atoms with E-state index >= 15 is 0 Å². The lowest BCUT2D eigenvalue weighted by Gasteiger charge is -2.57. The number of halogens is 1. The minimum Gasteiger partial charge on any atom is -0.364 e. The van der Waals surface area contributed by atoms with Crippen LogP contribution in [0.4, 0.5) is 5.82 Å². The van der Waals surface area contributed by atoms with E-state index in [4.69, 9.17) is 0 Å². The molecule has 4 fully saturated rings. The molecule has 0 aliphatic heterocycles. The third kappa shape index (κ3) is 2.10. The van der Waals surface area contributed by atoms with E-state index in [1.165, 1.54) is 44.1 Å². The van der Waals surface area contributed by atoms with E-state index < -0.39 is 0 Å². The van der Waals surface area contributed by atoms with Gasteiger partial charge in [0.1, 0.15) is 5.82 Å². The number of hydrogen-bond donors (Lipinski definition) is 1. The molecule has 0 saturated heterocycles. The van der Waals surface area contributed by atoms with Crippen LogP contribution in [0.25, 0.3) is 0 Å². The van der Waals surface area contributed by atoms with Gasteiger partial charge < -0.3 is 5.32 Å². The van der Waals surface area contributed by atoms with Crippen molar-refractivity contribution in [1.82, 2.24) is 4.98 Å². The van der Waals surface area contributed by atoms with Crippen LogP contribution in [0.1, 0.15) is 44.1 Å². The summed E-state index contributed by atoms with van der Waals surface area (Å²) in [6, 6.07) is 2.16. The Hall–Kier alpha value is -0.570. The van der Waals surface area contributed by atoms with Crippen molar-refractivity contribution in [3.8, 4) is 0 Å². The van der Waals surface area contributed by atoms with E-state index in [9.17, 15) is 0 Å². The van der Waals surface area contributed by atoms with E-state index in [1.807, 2.05) is 6.20 Å². The van der Waals surface area contributed by atoms with Crippen molar-refractivity contribution in [3.63, 3.8) is 0 Å². The highest BCUT2D eigenvalue weighted by atomic mass is 79.9. The second kappa shape index (κ2) is 4.21. The largest absolute Gasteiger partial charge is 0.364 e. The van der Waals surface area contributed by atoms with Gasteiger partial charge >= 0.3 is 0 Å². The van der Waals surface area contributed by atoms with Gasteiger partial charge in [0, 0.05) is 16.2 Å². The highest BCUT2D eigenvalue weighted by molar-refractivity contribution is 9.10. The smallest absolute Gasteiger partial charge is 0.129 e. The quantitative estimate of drug-likeness (QED) is 0.865. The van der Waals surface area contributed by atoms with Gasteiger partial charge in [0.25, 0.3) is 0 Å². The van der Waals surface area contributed by atoms with E-state index in [-0.39, 0.29) is 0 Å². The van der Waals surface area contributed by atoms with Gasteiger partial charge in [0.2, 0.25) is 0 Å². The Morgan fingerprint density at radius 2 is 1.74 bits per heavy atom. The first-order valence-electron chi connectivity index (χ1n) is 7.52. The number of rotatable bonds is 2. The Morgan fingerprint density at radius 3 is 2.26 bits per heavy atom. The standard InChI is InChI=1S/C16H21BrN2/c1-10-2-14(17)9-18-15(10)19-16-6-11-3-12(7-16)5-13(4-11)8-16/h2,9,11-13H,3-8H2,1H3,(H,18,19). The van der Waals surface area contributed by atoms with Crippen LogP contribution >= 0.6 is 15.9 Å². The average Bonchev–Trinajstić information content (AvgIpc) is 2.31. The number of pyridine rings is 1. The predicted octanol–water partition coefficient (Wildman–Crippen LogP) is 4.53. The fraction of sp³-hybridized carbons (Fsp3) is 0.688. The number of aromatic nitrogens is 1. The first kappa shape index (κ1) is 12.2. The summed E-state index contributed by atoms with van der Waals surface area (Å²) < 4.78 is 1.07. The summed E-state index contributed by atoms with van der Waals surface area (Å²) >= 11 is 3.50. The molecule has 4 saturated carbocycles. The lowest BCUT2D eigenvalue weighted by molar-refractivity contribution is 0.0105. The van der Waals surface area contributed by atoms with Crippen LogP contribution < -0.4 is 5.32 Å². The van der Waals surface area contributed by atoms with Gasteiger partial charge in [-0.3, -0.25) is 0 Å². The highest BCUT2D eigenvalue weighted by Gasteiger charge is 2.51. The average molecular weight is 321 g/mol. The molecule has 0 radical (unpaired) electrons. The van der Waals surface area contributed by atoms with Crippen molar-refractivity contribution in [1.29, 1.82) is 0 Å². The van der Waals surface area contributed by atoms with Crippen LogP contribution in [-0.2, 0) is 0 Å². The summed E-state index contributed by atoms with van der Waals surface area (Å²) in [5, 5.41) is 3.85. The third-order valence-corrected chi connectivity index (χ3v) is 5.90. The second-order valence-electron chi connectivity index (χ2n) is 7.14. The molecule has 0 amide bonds. The molecule has 102 valence electrons. The molecule has 4 aliphatic rings. The van der Waals surface area contributed by atoms with Crippen molar-refractivity contribution in [3.05, 3.63) is 22.3 Å². The molecule has 4 aliphatic carbocycles. The molecule has 2 nitrogen and oxygen atoms in total. The molecule has 3 heteroatoms. The summed E-state index contributed by atoms with van der Waals surface area (Å²) in [6.07, 6.45) is 10.5. The number of nitrogens with zero attached hydrogens (tertiary/aromatic N) is 1. The normalized spacial score (nSPS) is 39.6. The van der Waals surface area contributed by atoms with Crippen LogP contribution in [0, 0.1) is 24.7 Å². The monoisotopic (exact) mass is 320 g/mol. The first-order valence-corrected chi connectivity index (χ1v) is 8.31. The first-order chi connectivity index (χ1) is 9.12. The van der Waals surface area contributed by atoms with Crippen molar-refractivity contribution in [2.75, 3.05) is 5.32 Å². The molecular formula is C16H21BrN2. The molecule has 0 aromatic carbocycles. The molecule has 0 spiro atoms. The fourth-order valence-corrected chi connectivity index (χ4v) is 5.63. The molecule has 1 heterocycles. The zero-order chi connectivity index (χ0) is 13.0. The van der Waals surface area contributed by atoms with Crippen LogP contribution in [-0.4, -0.2) is 10.5 Å². The summed E-state index contributed by atoms with van der Waals surface area (Å²) in [5.41, 5.74) is 1.62. The maximum atomic E-state index is 4.60. The summed E-state index contributed by atoms with van der Waals surface area (Å²) in [5.74, 6) is 4.05. The molecule has 1 aromatic heterocycles. The Morgan fingerprint density at radius 1 is 1.16 bits per heavy atom. The van der Waals surface area contributed by atoms with Crippen LogP contribution in [0.2, 0.25) is 0 Å². The minimum atomic E-state index is 0.361. The van der Waals surface area contributed by atoms with Gasteiger partial charge in [-0.15, -0.1) is 0 Å². The Labute approximate surface area is 123 Å². The molecule has 1 aromatic rings. The fourth-order valence-electron chi connectivity index (χ4n) is 5.19. The lowest BCUT2D eigenvalue weighted by atomic mass is 9.53. The van der Waals surface area contributed by atoms with E-state index in [1.54, 1.807) is 0 Å². The molecule has 0 atom stereocenters. The number of nitrogens with one attached hydrogen (secondary N) is 1. The molecule has 4 bridgehead atoms. The Bertz CT molecular complexity index is 476. The summed E-state index contributed by atoms with van der Waals surface area (Å²) in [7, 11) is 0. The third-order valence-electron chi connectivity index (χ3n) is 5.47. The van der Waals surface area contributed by atoms with E-state index in [0.717, 1.165) is 28.0 Å². The van der Waals surface area contributed by atoms with Gasteiger partial charge in [-0.05, 0) is 90.8 Å². The van der Waals surface area contributed by atoms with E-state index in [0.29, 0.717) is 5.54 Å². The van der Waals surface area contributed by atoms with Crippen LogP contribution in [0.5, 0.6) is 0 Å².